The van der Waals surface area contributed by atoms with Gasteiger partial charge in [-0.15, -0.1) is 0 Å². The molecule has 0 amide bonds. The summed E-state index contributed by atoms with van der Waals surface area (Å²) in [6.45, 7) is 11.5. The Morgan fingerprint density at radius 1 is 1.33 bits per heavy atom. The van der Waals surface area contributed by atoms with Crippen LogP contribution in [0.1, 0.15) is 53.4 Å². The van der Waals surface area contributed by atoms with Gasteiger partial charge in [0.15, 0.2) is 0 Å². The molecule has 4 atom stereocenters. The fourth-order valence-corrected chi connectivity index (χ4v) is 3.92. The molecule has 1 aliphatic carbocycles. The van der Waals surface area contributed by atoms with Crippen molar-refractivity contribution in [2.24, 2.45) is 17.3 Å². The van der Waals surface area contributed by atoms with Crippen LogP contribution >= 0.6 is 0 Å². The lowest BCUT2D eigenvalue weighted by Crippen LogP contribution is -2.54. The average Bonchev–Trinajstić information content (AvgIpc) is 2.45. The highest BCUT2D eigenvalue weighted by Gasteiger charge is 2.42. The molecule has 4 heteroatoms. The Morgan fingerprint density at radius 3 is 2.62 bits per heavy atom. The third-order valence-electron chi connectivity index (χ3n) is 5.45. The second-order valence-corrected chi connectivity index (χ2v) is 7.78. The first kappa shape index (κ1) is 16.8. The van der Waals surface area contributed by atoms with Crippen LogP contribution in [0.5, 0.6) is 0 Å². The molecule has 2 aliphatic rings. The minimum Gasteiger partial charge on any atom is -0.481 e. The Bertz CT molecular complexity index is 364. The number of hydrogen-bond donors (Lipinski definition) is 1. The third kappa shape index (κ3) is 3.98. The van der Waals surface area contributed by atoms with Crippen molar-refractivity contribution in [1.29, 1.82) is 0 Å². The first-order valence-electron chi connectivity index (χ1n) is 8.41. The molecule has 0 spiro atoms. The van der Waals surface area contributed by atoms with Gasteiger partial charge in [-0.3, -0.25) is 9.69 Å². The van der Waals surface area contributed by atoms with E-state index in [-0.39, 0.29) is 23.5 Å². The van der Waals surface area contributed by atoms with Gasteiger partial charge in [0.1, 0.15) is 0 Å². The van der Waals surface area contributed by atoms with E-state index in [0.717, 1.165) is 45.4 Å². The summed E-state index contributed by atoms with van der Waals surface area (Å²) in [5.41, 5.74) is 0.262. The quantitative estimate of drug-likeness (QED) is 0.870. The van der Waals surface area contributed by atoms with E-state index in [2.05, 4.69) is 32.6 Å². The molecule has 1 N–H and O–H groups in total. The molecule has 0 radical (unpaired) electrons. The molecule has 0 aromatic heterocycles. The highest BCUT2D eigenvalue weighted by atomic mass is 16.5. The van der Waals surface area contributed by atoms with E-state index < -0.39 is 5.97 Å². The van der Waals surface area contributed by atoms with Crippen LogP contribution in [0, 0.1) is 17.3 Å². The van der Waals surface area contributed by atoms with Gasteiger partial charge in [0.05, 0.1) is 18.6 Å². The lowest BCUT2D eigenvalue weighted by Gasteiger charge is -2.47. The van der Waals surface area contributed by atoms with Gasteiger partial charge >= 0.3 is 5.97 Å². The maximum absolute atomic E-state index is 11.7. The smallest absolute Gasteiger partial charge is 0.308 e. The van der Waals surface area contributed by atoms with Crippen LogP contribution in [0.15, 0.2) is 0 Å². The molecule has 1 aliphatic heterocycles. The number of aliphatic carboxylic acids is 1. The summed E-state index contributed by atoms with van der Waals surface area (Å²) in [5, 5.41) is 9.59. The predicted molar refractivity (Wildman–Crippen MR) is 83.3 cm³/mol. The lowest BCUT2D eigenvalue weighted by atomic mass is 9.67. The van der Waals surface area contributed by atoms with Crippen LogP contribution in [0.3, 0.4) is 0 Å². The Hall–Kier alpha value is -0.610. The van der Waals surface area contributed by atoms with Crippen molar-refractivity contribution in [2.75, 3.05) is 19.7 Å². The maximum Gasteiger partial charge on any atom is 0.308 e. The highest BCUT2D eigenvalue weighted by molar-refractivity contribution is 5.71. The first-order chi connectivity index (χ1) is 9.82. The van der Waals surface area contributed by atoms with E-state index in [9.17, 15) is 9.90 Å². The van der Waals surface area contributed by atoms with Gasteiger partial charge in [-0.2, -0.15) is 0 Å². The van der Waals surface area contributed by atoms with Crippen molar-refractivity contribution < 1.29 is 14.6 Å². The SMILES string of the molecule is CCC1CN(C2CC(C(C)(C)C)CCC2C(=O)O)CCO1. The van der Waals surface area contributed by atoms with Gasteiger partial charge < -0.3 is 9.84 Å². The average molecular weight is 297 g/mol. The monoisotopic (exact) mass is 297 g/mol. The molecule has 122 valence electrons. The van der Waals surface area contributed by atoms with E-state index in [1.807, 2.05) is 0 Å². The summed E-state index contributed by atoms with van der Waals surface area (Å²) in [6.07, 6.45) is 4.14. The fraction of sp³-hybridized carbons (Fsp3) is 0.941. The van der Waals surface area contributed by atoms with Crippen molar-refractivity contribution >= 4 is 5.97 Å². The number of rotatable bonds is 3. The molecular weight excluding hydrogens is 266 g/mol. The normalized spacial score (nSPS) is 35.6. The second kappa shape index (κ2) is 6.66. The summed E-state index contributed by atoms with van der Waals surface area (Å²) in [5.74, 6) is -0.216. The Balaban J connectivity index is 2.12. The second-order valence-electron chi connectivity index (χ2n) is 7.78. The number of carboxylic acids is 1. The number of nitrogens with zero attached hydrogens (tertiary/aromatic N) is 1. The van der Waals surface area contributed by atoms with Gasteiger partial charge in [0, 0.05) is 19.1 Å². The van der Waals surface area contributed by atoms with E-state index in [0.29, 0.717) is 5.92 Å². The third-order valence-corrected chi connectivity index (χ3v) is 5.45. The summed E-state index contributed by atoms with van der Waals surface area (Å²) in [4.78, 5) is 14.1. The molecule has 1 heterocycles. The minimum atomic E-state index is -0.619. The van der Waals surface area contributed by atoms with Gasteiger partial charge in [-0.05, 0) is 37.0 Å². The fourth-order valence-electron chi connectivity index (χ4n) is 3.92. The number of carbonyl (C=O) groups is 1. The molecule has 21 heavy (non-hydrogen) atoms. The molecule has 1 saturated carbocycles. The molecule has 1 saturated heterocycles. The molecule has 2 rings (SSSR count). The molecule has 0 bridgehead atoms. The summed E-state index contributed by atoms with van der Waals surface area (Å²) in [7, 11) is 0. The summed E-state index contributed by atoms with van der Waals surface area (Å²) < 4.78 is 5.75. The van der Waals surface area contributed by atoms with Crippen LogP contribution < -0.4 is 0 Å². The first-order valence-corrected chi connectivity index (χ1v) is 8.41. The van der Waals surface area contributed by atoms with Crippen molar-refractivity contribution in [1.82, 2.24) is 4.90 Å². The Morgan fingerprint density at radius 2 is 2.05 bits per heavy atom. The van der Waals surface area contributed by atoms with Crippen molar-refractivity contribution in [2.45, 2.75) is 65.5 Å². The summed E-state index contributed by atoms with van der Waals surface area (Å²) >= 11 is 0. The predicted octanol–water partition coefficient (Wildman–Crippen LogP) is 3.01. The van der Waals surface area contributed by atoms with Crippen LogP contribution in [0.2, 0.25) is 0 Å². The zero-order valence-corrected chi connectivity index (χ0v) is 14.0. The molecule has 2 fully saturated rings. The van der Waals surface area contributed by atoms with E-state index >= 15 is 0 Å². The van der Waals surface area contributed by atoms with Crippen molar-refractivity contribution in [3.05, 3.63) is 0 Å². The van der Waals surface area contributed by atoms with Crippen LogP contribution in [-0.2, 0) is 9.53 Å². The van der Waals surface area contributed by atoms with Crippen LogP contribution in [0.25, 0.3) is 0 Å². The number of carboxylic acid groups (broad SMARTS) is 1. The number of ether oxygens (including phenoxy) is 1. The Kier molecular flexibility index (Phi) is 5.31. The molecule has 4 nitrogen and oxygen atoms in total. The molecule has 4 unspecified atom stereocenters. The topological polar surface area (TPSA) is 49.8 Å². The van der Waals surface area contributed by atoms with Crippen molar-refractivity contribution in [3.63, 3.8) is 0 Å². The highest BCUT2D eigenvalue weighted by Crippen LogP contribution is 2.42. The van der Waals surface area contributed by atoms with E-state index in [1.165, 1.54) is 0 Å². The van der Waals surface area contributed by atoms with E-state index in [4.69, 9.17) is 4.74 Å². The van der Waals surface area contributed by atoms with Gasteiger partial charge in [-0.25, -0.2) is 0 Å². The van der Waals surface area contributed by atoms with Crippen LogP contribution in [0.4, 0.5) is 0 Å². The molecule has 0 aromatic carbocycles. The van der Waals surface area contributed by atoms with Gasteiger partial charge in [-0.1, -0.05) is 27.7 Å². The maximum atomic E-state index is 11.7. The zero-order chi connectivity index (χ0) is 15.6. The Labute approximate surface area is 128 Å². The van der Waals surface area contributed by atoms with E-state index in [1.54, 1.807) is 0 Å². The van der Waals surface area contributed by atoms with Crippen molar-refractivity contribution in [3.8, 4) is 0 Å². The minimum absolute atomic E-state index is 0.179. The lowest BCUT2D eigenvalue weighted by molar-refractivity contribution is -0.149. The van der Waals surface area contributed by atoms with Crippen LogP contribution in [-0.4, -0.2) is 47.8 Å². The molecular formula is C17H31NO3. The summed E-state index contributed by atoms with van der Waals surface area (Å²) in [6, 6.07) is 0.179. The van der Waals surface area contributed by atoms with Gasteiger partial charge in [0.25, 0.3) is 0 Å². The standard InChI is InChI=1S/C17H31NO3/c1-5-13-11-18(8-9-21-13)15-10-12(17(2,3)4)6-7-14(15)16(19)20/h12-15H,5-11H2,1-4H3,(H,19,20). The largest absolute Gasteiger partial charge is 0.481 e. The number of hydrogen-bond acceptors (Lipinski definition) is 3. The molecule has 0 aromatic rings. The number of morpholine rings is 1. The zero-order valence-electron chi connectivity index (χ0n) is 14.0. The van der Waals surface area contributed by atoms with Gasteiger partial charge in [0.2, 0.25) is 0 Å².